The van der Waals surface area contributed by atoms with Crippen molar-refractivity contribution in [2.75, 3.05) is 7.11 Å². The number of methoxy groups -OCH3 is 1. The number of nitrogens with zero attached hydrogens (tertiary/aromatic N) is 3. The smallest absolute Gasteiger partial charge is 0.268 e. The fraction of sp³-hybridized carbons (Fsp3) is 0.105. The number of hydrogen-bond donors (Lipinski definition) is 0. The highest BCUT2D eigenvalue weighted by Crippen LogP contribution is 2.22. The first-order valence-electron chi connectivity index (χ1n) is 7.36. The molecule has 3 aromatic rings. The Morgan fingerprint density at radius 1 is 1.12 bits per heavy atom. The van der Waals surface area contributed by atoms with Crippen LogP contribution in [0.15, 0.2) is 53.1 Å². The lowest BCUT2D eigenvalue weighted by atomic mass is 10.1. The van der Waals surface area contributed by atoms with E-state index in [0.29, 0.717) is 11.4 Å². The molecule has 0 unspecified atom stereocenters. The van der Waals surface area contributed by atoms with Crippen LogP contribution in [0, 0.1) is 18.3 Å². The van der Waals surface area contributed by atoms with Crippen LogP contribution in [0.25, 0.3) is 23.0 Å². The van der Waals surface area contributed by atoms with Gasteiger partial charge in [-0.2, -0.15) is 10.2 Å². The maximum Gasteiger partial charge on any atom is 0.268 e. The summed E-state index contributed by atoms with van der Waals surface area (Å²) in [5, 5.41) is 13.3. The normalized spacial score (nSPS) is 11.1. The van der Waals surface area contributed by atoms with Crippen molar-refractivity contribution < 1.29 is 9.26 Å². The molecular weight excluding hydrogens is 302 g/mol. The van der Waals surface area contributed by atoms with Crippen molar-refractivity contribution in [2.24, 2.45) is 0 Å². The van der Waals surface area contributed by atoms with Crippen LogP contribution in [0.3, 0.4) is 0 Å². The molecule has 0 saturated carbocycles. The molecular formula is C19H15N3O2. The topological polar surface area (TPSA) is 71.9 Å². The molecule has 118 valence electrons. The molecule has 0 aliphatic carbocycles. The van der Waals surface area contributed by atoms with E-state index in [1.807, 2.05) is 55.5 Å². The highest BCUT2D eigenvalue weighted by molar-refractivity contribution is 5.86. The van der Waals surface area contributed by atoms with Gasteiger partial charge in [-0.1, -0.05) is 47.1 Å². The van der Waals surface area contributed by atoms with Gasteiger partial charge in [0, 0.05) is 5.56 Å². The molecule has 0 saturated heterocycles. The first kappa shape index (κ1) is 15.5. The van der Waals surface area contributed by atoms with Crippen LogP contribution in [-0.4, -0.2) is 17.3 Å². The molecule has 0 spiro atoms. The highest BCUT2D eigenvalue weighted by atomic mass is 16.5. The SMILES string of the molecule is COc1ccc(/C=C(\C#N)c2nc(-c3ccc(C)cc3)no2)cc1. The molecule has 0 atom stereocenters. The van der Waals surface area contributed by atoms with Crippen molar-refractivity contribution in [3.8, 4) is 23.2 Å². The monoisotopic (exact) mass is 317 g/mol. The Labute approximate surface area is 139 Å². The van der Waals surface area contributed by atoms with Gasteiger partial charge in [-0.3, -0.25) is 0 Å². The van der Waals surface area contributed by atoms with Crippen LogP contribution < -0.4 is 4.74 Å². The fourth-order valence-corrected chi connectivity index (χ4v) is 2.16. The summed E-state index contributed by atoms with van der Waals surface area (Å²) < 4.78 is 10.4. The first-order valence-corrected chi connectivity index (χ1v) is 7.36. The van der Waals surface area contributed by atoms with Crippen LogP contribution in [0.4, 0.5) is 0 Å². The minimum absolute atomic E-state index is 0.198. The number of hydrogen-bond acceptors (Lipinski definition) is 5. The lowest BCUT2D eigenvalue weighted by molar-refractivity contribution is 0.409. The standard InChI is InChI=1S/C19H15N3O2/c1-13-3-7-15(8-4-13)18-21-19(24-22-18)16(12-20)11-14-5-9-17(23-2)10-6-14/h3-11H,1-2H3/b16-11+. The lowest BCUT2D eigenvalue weighted by Crippen LogP contribution is -1.85. The van der Waals surface area contributed by atoms with Gasteiger partial charge in [0.2, 0.25) is 5.82 Å². The summed E-state index contributed by atoms with van der Waals surface area (Å²) in [4.78, 5) is 4.32. The Bertz CT molecular complexity index is 901. The maximum atomic E-state index is 9.39. The van der Waals surface area contributed by atoms with Crippen molar-refractivity contribution in [3.63, 3.8) is 0 Å². The van der Waals surface area contributed by atoms with E-state index in [4.69, 9.17) is 9.26 Å². The molecule has 0 bridgehead atoms. The van der Waals surface area contributed by atoms with Crippen molar-refractivity contribution >= 4 is 11.6 Å². The second kappa shape index (κ2) is 6.80. The Kier molecular flexibility index (Phi) is 4.39. The lowest BCUT2D eigenvalue weighted by Gasteiger charge is -1.99. The number of rotatable bonds is 4. The van der Waals surface area contributed by atoms with E-state index in [9.17, 15) is 5.26 Å². The van der Waals surface area contributed by atoms with Crippen molar-refractivity contribution in [1.82, 2.24) is 10.1 Å². The third-order valence-electron chi connectivity index (χ3n) is 3.51. The number of aromatic nitrogens is 2. The van der Waals surface area contributed by atoms with Gasteiger partial charge >= 0.3 is 0 Å². The Morgan fingerprint density at radius 3 is 2.46 bits per heavy atom. The van der Waals surface area contributed by atoms with Gasteiger partial charge in [-0.25, -0.2) is 0 Å². The summed E-state index contributed by atoms with van der Waals surface area (Å²) in [6, 6.07) is 17.3. The number of aryl methyl sites for hydroxylation is 1. The van der Waals surface area contributed by atoms with Crippen molar-refractivity contribution in [1.29, 1.82) is 5.26 Å². The molecule has 2 aromatic carbocycles. The van der Waals surface area contributed by atoms with E-state index >= 15 is 0 Å². The summed E-state index contributed by atoms with van der Waals surface area (Å²) in [7, 11) is 1.61. The third kappa shape index (κ3) is 3.33. The van der Waals surface area contributed by atoms with Gasteiger partial charge in [-0.05, 0) is 30.7 Å². The van der Waals surface area contributed by atoms with Gasteiger partial charge in [0.1, 0.15) is 17.4 Å². The largest absolute Gasteiger partial charge is 0.497 e. The molecule has 0 aliphatic rings. The molecule has 5 heteroatoms. The fourth-order valence-electron chi connectivity index (χ4n) is 2.16. The first-order chi connectivity index (χ1) is 11.7. The van der Waals surface area contributed by atoms with E-state index in [1.165, 1.54) is 0 Å². The molecule has 0 radical (unpaired) electrons. The van der Waals surface area contributed by atoms with E-state index in [0.717, 1.165) is 22.4 Å². The second-order valence-electron chi connectivity index (χ2n) is 5.23. The molecule has 0 amide bonds. The van der Waals surface area contributed by atoms with Crippen LogP contribution in [0.1, 0.15) is 17.0 Å². The minimum Gasteiger partial charge on any atom is -0.497 e. The van der Waals surface area contributed by atoms with Gasteiger partial charge in [0.05, 0.1) is 7.11 Å². The minimum atomic E-state index is 0.198. The molecule has 1 heterocycles. The molecule has 24 heavy (non-hydrogen) atoms. The van der Waals surface area contributed by atoms with Gasteiger partial charge in [-0.15, -0.1) is 0 Å². The van der Waals surface area contributed by atoms with Gasteiger partial charge < -0.3 is 9.26 Å². The molecule has 0 fully saturated rings. The van der Waals surface area contributed by atoms with Crippen molar-refractivity contribution in [2.45, 2.75) is 6.92 Å². The molecule has 5 nitrogen and oxygen atoms in total. The number of ether oxygens (including phenoxy) is 1. The molecule has 0 aliphatic heterocycles. The Hall–Kier alpha value is -3.39. The summed E-state index contributed by atoms with van der Waals surface area (Å²) in [5.41, 5.74) is 3.16. The average Bonchev–Trinajstić information content (AvgIpc) is 3.10. The zero-order chi connectivity index (χ0) is 16.9. The van der Waals surface area contributed by atoms with Crippen LogP contribution in [0.2, 0.25) is 0 Å². The zero-order valence-corrected chi connectivity index (χ0v) is 13.4. The Balaban J connectivity index is 1.90. The quantitative estimate of drug-likeness (QED) is 0.677. The van der Waals surface area contributed by atoms with Crippen LogP contribution in [0.5, 0.6) is 5.75 Å². The van der Waals surface area contributed by atoms with E-state index in [2.05, 4.69) is 16.2 Å². The summed E-state index contributed by atoms with van der Waals surface area (Å²) >= 11 is 0. The maximum absolute atomic E-state index is 9.39. The van der Waals surface area contributed by atoms with Crippen molar-refractivity contribution in [3.05, 3.63) is 65.5 Å². The Morgan fingerprint density at radius 2 is 1.83 bits per heavy atom. The number of nitriles is 1. The summed E-state index contributed by atoms with van der Waals surface area (Å²) in [5.74, 6) is 1.41. The highest BCUT2D eigenvalue weighted by Gasteiger charge is 2.12. The molecule has 0 N–H and O–H groups in total. The number of allylic oxidation sites excluding steroid dienone is 1. The van der Waals surface area contributed by atoms with Crippen LogP contribution >= 0.6 is 0 Å². The average molecular weight is 317 g/mol. The third-order valence-corrected chi connectivity index (χ3v) is 3.51. The predicted molar refractivity (Wildman–Crippen MR) is 90.9 cm³/mol. The predicted octanol–water partition coefficient (Wildman–Crippen LogP) is 4.12. The van der Waals surface area contributed by atoms with E-state index < -0.39 is 0 Å². The van der Waals surface area contributed by atoms with Gasteiger partial charge in [0.15, 0.2) is 0 Å². The van der Waals surface area contributed by atoms with E-state index in [-0.39, 0.29) is 5.89 Å². The zero-order valence-electron chi connectivity index (χ0n) is 13.4. The van der Waals surface area contributed by atoms with Crippen LogP contribution in [-0.2, 0) is 0 Å². The molecule has 1 aromatic heterocycles. The number of benzene rings is 2. The molecule has 3 rings (SSSR count). The summed E-state index contributed by atoms with van der Waals surface area (Å²) in [6.07, 6.45) is 1.70. The van der Waals surface area contributed by atoms with E-state index in [1.54, 1.807) is 13.2 Å². The second-order valence-corrected chi connectivity index (χ2v) is 5.23. The van der Waals surface area contributed by atoms with Gasteiger partial charge in [0.25, 0.3) is 5.89 Å². The summed E-state index contributed by atoms with van der Waals surface area (Å²) in [6.45, 7) is 2.01.